The molecule has 1 saturated heterocycles. The van der Waals surface area contributed by atoms with Gasteiger partial charge in [-0.3, -0.25) is 10.2 Å². The molecule has 2 aromatic rings. The Balaban J connectivity index is 2.12. The van der Waals surface area contributed by atoms with Crippen molar-refractivity contribution in [3.8, 4) is 5.75 Å². The van der Waals surface area contributed by atoms with E-state index in [1.807, 2.05) is 20.8 Å². The van der Waals surface area contributed by atoms with E-state index in [0.717, 1.165) is 5.01 Å². The normalized spacial score (nSPS) is 18.9. The fourth-order valence-electron chi connectivity index (χ4n) is 3.62. The Morgan fingerprint density at radius 2 is 1.82 bits per heavy atom. The molecule has 1 aliphatic rings. The summed E-state index contributed by atoms with van der Waals surface area (Å²) in [6, 6.07) is 7.94. The maximum Gasteiger partial charge on any atom is 0.409 e. The molecule has 28 heavy (non-hydrogen) atoms. The van der Waals surface area contributed by atoms with Crippen LogP contribution in [0.15, 0.2) is 36.4 Å². The van der Waals surface area contributed by atoms with Crippen LogP contribution < -0.4 is 10.2 Å². The van der Waals surface area contributed by atoms with Crippen LogP contribution in [-0.2, 0) is 4.79 Å². The Bertz CT molecular complexity index is 901. The van der Waals surface area contributed by atoms with E-state index in [2.05, 4.69) is 5.43 Å². The van der Waals surface area contributed by atoms with E-state index < -0.39 is 29.3 Å². The minimum atomic E-state index is -4.57. The fourth-order valence-corrected chi connectivity index (χ4v) is 3.62. The quantitative estimate of drug-likeness (QED) is 0.784. The van der Waals surface area contributed by atoms with Gasteiger partial charge in [0, 0.05) is 12.0 Å². The maximum atomic E-state index is 14.1. The molecule has 4 nitrogen and oxygen atoms in total. The summed E-state index contributed by atoms with van der Waals surface area (Å²) in [5, 5.41) is 2.16. The number of rotatable bonds is 3. The number of hydrazine groups is 1. The molecule has 0 aromatic heterocycles. The first-order chi connectivity index (χ1) is 12.8. The van der Waals surface area contributed by atoms with Gasteiger partial charge in [0.1, 0.15) is 11.4 Å². The molecule has 0 unspecified atom stereocenters. The summed E-state index contributed by atoms with van der Waals surface area (Å²) < 4.78 is 48.3. The van der Waals surface area contributed by atoms with Gasteiger partial charge in [0.25, 0.3) is 0 Å². The number of benzene rings is 2. The van der Waals surface area contributed by atoms with Crippen LogP contribution in [0.5, 0.6) is 5.75 Å². The molecule has 1 heterocycles. The maximum absolute atomic E-state index is 14.1. The van der Waals surface area contributed by atoms with Gasteiger partial charge in [-0.05, 0) is 63.1 Å². The molecule has 1 fully saturated rings. The number of carbonyl (C=O) groups excluding carboxylic acids is 1. The molecule has 0 saturated carbocycles. The largest absolute Gasteiger partial charge is 0.488 e. The van der Waals surface area contributed by atoms with Crippen molar-refractivity contribution in [2.45, 2.75) is 64.4 Å². The van der Waals surface area contributed by atoms with E-state index >= 15 is 0 Å². The van der Waals surface area contributed by atoms with Crippen LogP contribution >= 0.6 is 0 Å². The number of amides is 1. The second kappa shape index (κ2) is 6.65. The van der Waals surface area contributed by atoms with Crippen molar-refractivity contribution >= 4 is 16.7 Å². The van der Waals surface area contributed by atoms with Gasteiger partial charge in [0.2, 0.25) is 5.91 Å². The van der Waals surface area contributed by atoms with E-state index in [1.165, 1.54) is 6.07 Å². The van der Waals surface area contributed by atoms with Gasteiger partial charge in [0.05, 0.1) is 0 Å². The molecule has 0 bridgehead atoms. The lowest BCUT2D eigenvalue weighted by Crippen LogP contribution is -2.51. The lowest BCUT2D eigenvalue weighted by atomic mass is 9.93. The Morgan fingerprint density at radius 3 is 2.36 bits per heavy atom. The van der Waals surface area contributed by atoms with Crippen molar-refractivity contribution < 1.29 is 22.7 Å². The average molecular weight is 394 g/mol. The second-order valence-corrected chi connectivity index (χ2v) is 8.78. The zero-order valence-corrected chi connectivity index (χ0v) is 16.6. The molecule has 1 amide bonds. The molecular formula is C21H25F3N2O2. The Kier molecular flexibility index (Phi) is 4.86. The number of alkyl halides is 3. The molecule has 0 spiro atoms. The van der Waals surface area contributed by atoms with Gasteiger partial charge in [-0.1, -0.05) is 24.3 Å². The SMILES string of the molecule is CC(C)(C)Oc1ccc2c([C@H](N3NC(=O)CC3(C)C)C(F)(F)F)cccc2c1. The third-order valence-corrected chi connectivity index (χ3v) is 4.66. The highest BCUT2D eigenvalue weighted by Gasteiger charge is 2.53. The first-order valence-corrected chi connectivity index (χ1v) is 9.15. The van der Waals surface area contributed by atoms with Crippen molar-refractivity contribution in [2.75, 3.05) is 0 Å². The third kappa shape index (κ3) is 4.09. The van der Waals surface area contributed by atoms with Crippen LogP contribution in [0.1, 0.15) is 52.6 Å². The number of hydrogen-bond acceptors (Lipinski definition) is 3. The lowest BCUT2D eigenvalue weighted by Gasteiger charge is -2.38. The van der Waals surface area contributed by atoms with E-state index in [-0.39, 0.29) is 12.0 Å². The summed E-state index contributed by atoms with van der Waals surface area (Å²) in [6.45, 7) is 8.98. The summed E-state index contributed by atoms with van der Waals surface area (Å²) >= 11 is 0. The zero-order chi connectivity index (χ0) is 20.9. The Labute approximate surface area is 162 Å². The van der Waals surface area contributed by atoms with Crippen LogP contribution in [0.25, 0.3) is 10.8 Å². The van der Waals surface area contributed by atoms with Crippen LogP contribution in [0.2, 0.25) is 0 Å². The van der Waals surface area contributed by atoms with Crippen molar-refractivity contribution in [3.63, 3.8) is 0 Å². The zero-order valence-electron chi connectivity index (χ0n) is 16.6. The van der Waals surface area contributed by atoms with Crippen LogP contribution in [0, 0.1) is 0 Å². The smallest absolute Gasteiger partial charge is 0.409 e. The van der Waals surface area contributed by atoms with Crippen molar-refractivity contribution in [2.24, 2.45) is 0 Å². The molecule has 7 heteroatoms. The molecule has 0 radical (unpaired) electrons. The summed E-state index contributed by atoms with van der Waals surface area (Å²) in [5.74, 6) is 0.177. The minimum Gasteiger partial charge on any atom is -0.488 e. The van der Waals surface area contributed by atoms with E-state index in [9.17, 15) is 18.0 Å². The summed E-state index contributed by atoms with van der Waals surface area (Å²) in [4.78, 5) is 11.8. The van der Waals surface area contributed by atoms with E-state index in [0.29, 0.717) is 16.5 Å². The summed E-state index contributed by atoms with van der Waals surface area (Å²) in [7, 11) is 0. The average Bonchev–Trinajstić information content (AvgIpc) is 2.77. The number of hydrogen-bond donors (Lipinski definition) is 1. The number of ether oxygens (including phenoxy) is 1. The van der Waals surface area contributed by atoms with E-state index in [1.54, 1.807) is 44.2 Å². The lowest BCUT2D eigenvalue weighted by molar-refractivity contribution is -0.203. The van der Waals surface area contributed by atoms with Gasteiger partial charge >= 0.3 is 6.18 Å². The third-order valence-electron chi connectivity index (χ3n) is 4.66. The van der Waals surface area contributed by atoms with Gasteiger partial charge in [-0.2, -0.15) is 18.2 Å². The van der Waals surface area contributed by atoms with Gasteiger partial charge in [0.15, 0.2) is 6.04 Å². The van der Waals surface area contributed by atoms with Crippen LogP contribution in [0.3, 0.4) is 0 Å². The second-order valence-electron chi connectivity index (χ2n) is 8.78. The van der Waals surface area contributed by atoms with Crippen molar-refractivity contribution in [1.82, 2.24) is 10.4 Å². The monoisotopic (exact) mass is 394 g/mol. The number of nitrogens with one attached hydrogen (secondary N) is 1. The Morgan fingerprint density at radius 1 is 1.14 bits per heavy atom. The number of fused-ring (bicyclic) bond motifs is 1. The predicted octanol–water partition coefficient (Wildman–Crippen LogP) is 5.14. The first-order valence-electron chi connectivity index (χ1n) is 9.15. The molecule has 0 aliphatic carbocycles. The molecule has 1 N–H and O–H groups in total. The summed E-state index contributed by atoms with van der Waals surface area (Å²) in [6.07, 6.45) is -4.56. The molecule has 1 atom stereocenters. The van der Waals surface area contributed by atoms with Crippen LogP contribution in [-0.4, -0.2) is 28.2 Å². The van der Waals surface area contributed by atoms with Gasteiger partial charge in [-0.15, -0.1) is 0 Å². The topological polar surface area (TPSA) is 41.6 Å². The Hall–Kier alpha value is -2.28. The highest BCUT2D eigenvalue weighted by atomic mass is 19.4. The fraction of sp³-hybridized carbons (Fsp3) is 0.476. The molecular weight excluding hydrogens is 369 g/mol. The number of nitrogens with zero attached hydrogens (tertiary/aromatic N) is 1. The summed E-state index contributed by atoms with van der Waals surface area (Å²) in [5.41, 5.74) is 1.13. The molecule has 152 valence electrons. The predicted molar refractivity (Wildman–Crippen MR) is 102 cm³/mol. The van der Waals surface area contributed by atoms with Crippen molar-refractivity contribution in [3.05, 3.63) is 42.0 Å². The minimum absolute atomic E-state index is 0.00785. The molecule has 2 aromatic carbocycles. The highest BCUT2D eigenvalue weighted by Crippen LogP contribution is 2.45. The molecule has 1 aliphatic heterocycles. The number of halogens is 3. The number of carbonyl (C=O) groups is 1. The standard InChI is InChI=1S/C21H25F3N2O2/c1-19(2,3)28-14-9-10-15-13(11-14)7-6-8-16(15)18(21(22,23)24)26-20(4,5)12-17(27)25-26/h6-11,18H,12H2,1-5H3,(H,25,27)/t18-/m0/s1. The molecule has 3 rings (SSSR count). The highest BCUT2D eigenvalue weighted by molar-refractivity contribution is 5.88. The van der Waals surface area contributed by atoms with Gasteiger partial charge < -0.3 is 4.74 Å². The van der Waals surface area contributed by atoms with Crippen molar-refractivity contribution in [1.29, 1.82) is 0 Å². The van der Waals surface area contributed by atoms with Gasteiger partial charge in [-0.25, -0.2) is 0 Å². The van der Waals surface area contributed by atoms with Crippen LogP contribution in [0.4, 0.5) is 13.2 Å². The first kappa shape index (κ1) is 20.5. The van der Waals surface area contributed by atoms with E-state index in [4.69, 9.17) is 4.74 Å².